The zero-order chi connectivity index (χ0) is 11.0. The SMILES string of the molecule is OCc1ccc2c(ccc3ccccc32)c1. The zero-order valence-corrected chi connectivity index (χ0v) is 8.85. The molecule has 78 valence electrons. The monoisotopic (exact) mass is 208 g/mol. The third kappa shape index (κ3) is 1.37. The molecular formula is C15H12O. The van der Waals surface area contributed by atoms with E-state index in [1.807, 2.05) is 12.1 Å². The second kappa shape index (κ2) is 3.62. The third-order valence-corrected chi connectivity index (χ3v) is 2.99. The maximum Gasteiger partial charge on any atom is 0.0682 e. The van der Waals surface area contributed by atoms with Gasteiger partial charge in [0.25, 0.3) is 0 Å². The minimum atomic E-state index is 0.1000. The van der Waals surface area contributed by atoms with Gasteiger partial charge in [0.2, 0.25) is 0 Å². The van der Waals surface area contributed by atoms with Gasteiger partial charge in [-0.15, -0.1) is 0 Å². The van der Waals surface area contributed by atoms with Gasteiger partial charge in [0, 0.05) is 0 Å². The summed E-state index contributed by atoms with van der Waals surface area (Å²) in [7, 11) is 0. The van der Waals surface area contributed by atoms with Gasteiger partial charge in [0.1, 0.15) is 0 Å². The van der Waals surface area contributed by atoms with Crippen LogP contribution in [0.1, 0.15) is 5.56 Å². The van der Waals surface area contributed by atoms with Gasteiger partial charge in [0.15, 0.2) is 0 Å². The average Bonchev–Trinajstić information content (AvgIpc) is 2.38. The van der Waals surface area contributed by atoms with Crippen molar-refractivity contribution in [1.29, 1.82) is 0 Å². The molecule has 0 heterocycles. The van der Waals surface area contributed by atoms with Crippen LogP contribution < -0.4 is 0 Å². The van der Waals surface area contributed by atoms with Crippen LogP contribution in [0.25, 0.3) is 21.5 Å². The van der Waals surface area contributed by atoms with Gasteiger partial charge in [-0.1, -0.05) is 48.5 Å². The molecule has 16 heavy (non-hydrogen) atoms. The minimum Gasteiger partial charge on any atom is -0.392 e. The van der Waals surface area contributed by atoms with Crippen LogP contribution in [0, 0.1) is 0 Å². The maximum atomic E-state index is 9.11. The number of hydrogen-bond acceptors (Lipinski definition) is 1. The second-order valence-electron chi connectivity index (χ2n) is 4.00. The topological polar surface area (TPSA) is 20.2 Å². The fourth-order valence-electron chi connectivity index (χ4n) is 2.16. The molecule has 1 heteroatoms. The molecule has 0 amide bonds. The van der Waals surface area contributed by atoms with E-state index in [1.165, 1.54) is 21.5 Å². The van der Waals surface area contributed by atoms with E-state index in [0.29, 0.717) is 0 Å². The normalized spacial score (nSPS) is 11.1. The van der Waals surface area contributed by atoms with Crippen LogP contribution in [0.4, 0.5) is 0 Å². The van der Waals surface area contributed by atoms with E-state index >= 15 is 0 Å². The highest BCUT2D eigenvalue weighted by molar-refractivity contribution is 6.07. The molecule has 3 aromatic carbocycles. The van der Waals surface area contributed by atoms with E-state index < -0.39 is 0 Å². The molecule has 0 unspecified atom stereocenters. The van der Waals surface area contributed by atoms with Crippen LogP contribution in [-0.4, -0.2) is 5.11 Å². The van der Waals surface area contributed by atoms with Gasteiger partial charge < -0.3 is 5.11 Å². The van der Waals surface area contributed by atoms with Crippen LogP contribution in [-0.2, 0) is 6.61 Å². The second-order valence-corrected chi connectivity index (χ2v) is 4.00. The largest absolute Gasteiger partial charge is 0.392 e. The fraction of sp³-hybridized carbons (Fsp3) is 0.0667. The van der Waals surface area contributed by atoms with Crippen LogP contribution in [0.5, 0.6) is 0 Å². The van der Waals surface area contributed by atoms with E-state index in [1.54, 1.807) is 0 Å². The van der Waals surface area contributed by atoms with Crippen LogP contribution >= 0.6 is 0 Å². The lowest BCUT2D eigenvalue weighted by Gasteiger charge is -2.05. The molecule has 0 aromatic heterocycles. The predicted molar refractivity (Wildman–Crippen MR) is 67.4 cm³/mol. The van der Waals surface area contributed by atoms with E-state index in [2.05, 4.69) is 42.5 Å². The molecule has 0 aliphatic carbocycles. The first kappa shape index (κ1) is 9.37. The molecule has 3 rings (SSSR count). The molecule has 0 saturated heterocycles. The molecular weight excluding hydrogens is 196 g/mol. The fourth-order valence-corrected chi connectivity index (χ4v) is 2.16. The standard InChI is InChI=1S/C15H12O/c16-10-11-5-8-15-13(9-11)7-6-12-3-1-2-4-14(12)15/h1-9,16H,10H2. The molecule has 0 atom stereocenters. The van der Waals surface area contributed by atoms with E-state index in [4.69, 9.17) is 5.11 Å². The lowest BCUT2D eigenvalue weighted by atomic mass is 10.0. The summed E-state index contributed by atoms with van der Waals surface area (Å²) in [5.41, 5.74) is 0.961. The summed E-state index contributed by atoms with van der Waals surface area (Å²) in [5.74, 6) is 0. The van der Waals surface area contributed by atoms with Gasteiger partial charge in [0.05, 0.1) is 6.61 Å². The molecule has 0 bridgehead atoms. The molecule has 0 saturated carbocycles. The van der Waals surface area contributed by atoms with Crippen LogP contribution in [0.2, 0.25) is 0 Å². The summed E-state index contributed by atoms with van der Waals surface area (Å²) in [6.45, 7) is 0.1000. The number of fused-ring (bicyclic) bond motifs is 3. The van der Waals surface area contributed by atoms with Crippen molar-refractivity contribution in [3.63, 3.8) is 0 Å². The van der Waals surface area contributed by atoms with Crippen molar-refractivity contribution >= 4 is 21.5 Å². The van der Waals surface area contributed by atoms with Crippen molar-refractivity contribution in [1.82, 2.24) is 0 Å². The van der Waals surface area contributed by atoms with Gasteiger partial charge in [-0.3, -0.25) is 0 Å². The van der Waals surface area contributed by atoms with Crippen molar-refractivity contribution < 1.29 is 5.11 Å². The highest BCUT2D eigenvalue weighted by Crippen LogP contribution is 2.25. The van der Waals surface area contributed by atoms with Gasteiger partial charge >= 0.3 is 0 Å². The van der Waals surface area contributed by atoms with Crippen molar-refractivity contribution in [3.8, 4) is 0 Å². The Morgan fingerprint density at radius 3 is 2.38 bits per heavy atom. The number of rotatable bonds is 1. The molecule has 0 spiro atoms. The Labute approximate surface area is 94.0 Å². The quantitative estimate of drug-likeness (QED) is 0.607. The molecule has 0 aliphatic heterocycles. The van der Waals surface area contributed by atoms with Crippen molar-refractivity contribution in [2.75, 3.05) is 0 Å². The first-order chi connectivity index (χ1) is 7.88. The lowest BCUT2D eigenvalue weighted by Crippen LogP contribution is -1.83. The number of aliphatic hydroxyl groups excluding tert-OH is 1. The highest BCUT2D eigenvalue weighted by atomic mass is 16.3. The Bertz CT molecular complexity index is 656. The molecule has 1 nitrogen and oxygen atoms in total. The van der Waals surface area contributed by atoms with Gasteiger partial charge in [-0.05, 0) is 33.2 Å². The summed E-state index contributed by atoms with van der Waals surface area (Å²) >= 11 is 0. The lowest BCUT2D eigenvalue weighted by molar-refractivity contribution is 0.282. The highest BCUT2D eigenvalue weighted by Gasteiger charge is 2.00. The summed E-state index contributed by atoms with van der Waals surface area (Å²) in [6.07, 6.45) is 0. The van der Waals surface area contributed by atoms with Gasteiger partial charge in [-0.2, -0.15) is 0 Å². The summed E-state index contributed by atoms with van der Waals surface area (Å²) in [4.78, 5) is 0. The molecule has 0 radical (unpaired) electrons. The summed E-state index contributed by atoms with van der Waals surface area (Å²) < 4.78 is 0. The van der Waals surface area contributed by atoms with E-state index in [-0.39, 0.29) is 6.61 Å². The Balaban J connectivity index is 2.43. The summed E-state index contributed by atoms with van der Waals surface area (Å²) in [6, 6.07) is 18.7. The smallest absolute Gasteiger partial charge is 0.0682 e. The summed E-state index contributed by atoms with van der Waals surface area (Å²) in [5, 5.41) is 14.1. The number of aliphatic hydroxyl groups is 1. The van der Waals surface area contributed by atoms with Crippen LogP contribution in [0.15, 0.2) is 54.6 Å². The minimum absolute atomic E-state index is 0.1000. The first-order valence-corrected chi connectivity index (χ1v) is 5.40. The first-order valence-electron chi connectivity index (χ1n) is 5.40. The molecule has 1 N–H and O–H groups in total. The van der Waals surface area contributed by atoms with E-state index in [0.717, 1.165) is 5.56 Å². The Morgan fingerprint density at radius 1 is 0.750 bits per heavy atom. The third-order valence-electron chi connectivity index (χ3n) is 2.99. The van der Waals surface area contributed by atoms with Gasteiger partial charge in [-0.25, -0.2) is 0 Å². The van der Waals surface area contributed by atoms with Crippen molar-refractivity contribution in [2.24, 2.45) is 0 Å². The number of hydrogen-bond donors (Lipinski definition) is 1. The Hall–Kier alpha value is -1.86. The van der Waals surface area contributed by atoms with Crippen molar-refractivity contribution in [2.45, 2.75) is 6.61 Å². The molecule has 0 aliphatic rings. The van der Waals surface area contributed by atoms with Crippen molar-refractivity contribution in [3.05, 3.63) is 60.2 Å². The average molecular weight is 208 g/mol. The zero-order valence-electron chi connectivity index (χ0n) is 8.85. The Kier molecular flexibility index (Phi) is 2.12. The maximum absolute atomic E-state index is 9.11. The predicted octanol–water partition coefficient (Wildman–Crippen LogP) is 3.49. The van der Waals surface area contributed by atoms with E-state index in [9.17, 15) is 0 Å². The van der Waals surface area contributed by atoms with Crippen LogP contribution in [0.3, 0.4) is 0 Å². The Morgan fingerprint density at radius 2 is 1.50 bits per heavy atom. The molecule has 0 fully saturated rings. The number of benzene rings is 3. The molecule has 3 aromatic rings.